The van der Waals surface area contributed by atoms with E-state index in [-0.39, 0.29) is 23.6 Å². The Balaban J connectivity index is 1.95. The average molecular weight is 427 g/mol. The molecule has 1 heterocycles. The fourth-order valence-electron chi connectivity index (χ4n) is 2.93. The number of carbonyl (C=O) groups excluding carboxylic acids is 2. The summed E-state index contributed by atoms with van der Waals surface area (Å²) in [4.78, 5) is 25.4. The molecule has 30 heavy (non-hydrogen) atoms. The Morgan fingerprint density at radius 3 is 2.50 bits per heavy atom. The minimum absolute atomic E-state index is 0.249. The molecule has 2 amide bonds. The molecule has 156 valence electrons. The lowest BCUT2D eigenvalue weighted by Crippen LogP contribution is -2.22. The fraction of sp³-hybridized carbons (Fsp3) is 0.217. The van der Waals surface area contributed by atoms with Gasteiger partial charge in [-0.2, -0.15) is 0 Å². The first kappa shape index (κ1) is 21.6. The van der Waals surface area contributed by atoms with E-state index in [2.05, 4.69) is 6.58 Å². The van der Waals surface area contributed by atoms with Crippen LogP contribution in [0.25, 0.3) is 6.08 Å². The fourth-order valence-corrected chi connectivity index (χ4v) is 3.76. The van der Waals surface area contributed by atoms with E-state index in [4.69, 9.17) is 9.47 Å². The number of hydrogen-bond acceptors (Lipinski definition) is 5. The lowest BCUT2D eigenvalue weighted by Gasteiger charge is -2.17. The number of hydrogen-bond donors (Lipinski definition) is 0. The molecule has 7 heteroatoms. The number of benzene rings is 2. The molecule has 0 bridgehead atoms. The number of likely N-dealkylation sites (N-methyl/N-ethyl adjacent to an activating group) is 1. The molecule has 3 rings (SSSR count). The number of ether oxygens (including phenoxy) is 2. The van der Waals surface area contributed by atoms with Crippen LogP contribution in [0.5, 0.6) is 11.5 Å². The van der Waals surface area contributed by atoms with Gasteiger partial charge in [0, 0.05) is 12.6 Å². The number of carbonyl (C=O) groups is 2. The van der Waals surface area contributed by atoms with Crippen LogP contribution in [-0.4, -0.2) is 29.7 Å². The first-order valence-corrected chi connectivity index (χ1v) is 10.2. The molecular formula is C23H22FNO4S. The normalized spacial score (nSPS) is 15.0. The second-order valence-corrected chi connectivity index (χ2v) is 7.58. The topological polar surface area (TPSA) is 55.8 Å². The molecule has 0 aromatic heterocycles. The van der Waals surface area contributed by atoms with E-state index in [9.17, 15) is 14.0 Å². The summed E-state index contributed by atoms with van der Waals surface area (Å²) < 4.78 is 25.0. The second kappa shape index (κ2) is 9.63. The Hall–Kier alpha value is -3.06. The van der Waals surface area contributed by atoms with Gasteiger partial charge in [0.15, 0.2) is 11.5 Å². The highest BCUT2D eigenvalue weighted by molar-refractivity contribution is 8.18. The minimum atomic E-state index is -0.329. The minimum Gasteiger partial charge on any atom is -0.490 e. The van der Waals surface area contributed by atoms with Crippen LogP contribution in [0, 0.1) is 5.82 Å². The van der Waals surface area contributed by atoms with Crippen LogP contribution in [-0.2, 0) is 17.8 Å². The zero-order valence-corrected chi connectivity index (χ0v) is 17.6. The van der Waals surface area contributed by atoms with Gasteiger partial charge in [0.1, 0.15) is 12.4 Å². The molecule has 1 saturated heterocycles. The van der Waals surface area contributed by atoms with Gasteiger partial charge in [0.2, 0.25) is 0 Å². The monoisotopic (exact) mass is 427 g/mol. The quantitative estimate of drug-likeness (QED) is 0.428. The highest BCUT2D eigenvalue weighted by Crippen LogP contribution is 2.37. The number of thioether (sulfide) groups is 1. The summed E-state index contributed by atoms with van der Waals surface area (Å²) in [5.41, 5.74) is 2.38. The van der Waals surface area contributed by atoms with Gasteiger partial charge in [-0.1, -0.05) is 18.2 Å². The van der Waals surface area contributed by atoms with Gasteiger partial charge in [-0.25, -0.2) is 4.39 Å². The van der Waals surface area contributed by atoms with Crippen molar-refractivity contribution >= 4 is 29.0 Å². The summed E-state index contributed by atoms with van der Waals surface area (Å²) >= 11 is 0.904. The summed E-state index contributed by atoms with van der Waals surface area (Å²) in [5.74, 6) is 0.467. The maximum atomic E-state index is 13.1. The first-order valence-electron chi connectivity index (χ1n) is 9.42. The van der Waals surface area contributed by atoms with Crippen molar-refractivity contribution in [3.63, 3.8) is 0 Å². The van der Waals surface area contributed by atoms with Crippen LogP contribution in [0.15, 0.2) is 54.0 Å². The zero-order chi connectivity index (χ0) is 21.7. The predicted molar refractivity (Wildman–Crippen MR) is 116 cm³/mol. The van der Waals surface area contributed by atoms with E-state index < -0.39 is 0 Å². The van der Waals surface area contributed by atoms with Gasteiger partial charge >= 0.3 is 0 Å². The van der Waals surface area contributed by atoms with Gasteiger partial charge in [0.05, 0.1) is 11.5 Å². The van der Waals surface area contributed by atoms with Crippen LogP contribution in [0.3, 0.4) is 0 Å². The third-order valence-electron chi connectivity index (χ3n) is 4.40. The largest absolute Gasteiger partial charge is 0.490 e. The molecule has 1 fully saturated rings. The number of amides is 2. The van der Waals surface area contributed by atoms with Gasteiger partial charge in [-0.05, 0) is 66.6 Å². The highest BCUT2D eigenvalue weighted by Gasteiger charge is 2.31. The van der Waals surface area contributed by atoms with Gasteiger partial charge < -0.3 is 9.47 Å². The molecule has 1 aliphatic rings. The summed E-state index contributed by atoms with van der Waals surface area (Å²) in [6.07, 6.45) is 3.95. The number of nitrogens with zero attached hydrogens (tertiary/aromatic N) is 1. The Morgan fingerprint density at radius 1 is 1.17 bits per heavy atom. The molecule has 2 aromatic rings. The Labute approximate surface area is 179 Å². The molecule has 0 N–H and O–H groups in total. The SMILES string of the molecule is C=CCc1cc(/C=C2\SC(=O)N(C)C2=O)cc(OCC)c1OCc1ccc(F)cc1. The van der Waals surface area contributed by atoms with Crippen molar-refractivity contribution in [3.8, 4) is 11.5 Å². The van der Waals surface area contributed by atoms with Crippen LogP contribution in [0.2, 0.25) is 0 Å². The van der Waals surface area contributed by atoms with E-state index in [0.29, 0.717) is 29.4 Å². The number of imide groups is 1. The van der Waals surface area contributed by atoms with Crippen molar-refractivity contribution in [1.29, 1.82) is 0 Å². The average Bonchev–Trinajstić information content (AvgIpc) is 2.96. The maximum Gasteiger partial charge on any atom is 0.293 e. The summed E-state index contributed by atoms with van der Waals surface area (Å²) in [7, 11) is 1.46. The van der Waals surface area contributed by atoms with Crippen molar-refractivity contribution in [1.82, 2.24) is 4.90 Å². The van der Waals surface area contributed by atoms with Crippen molar-refractivity contribution in [2.24, 2.45) is 0 Å². The van der Waals surface area contributed by atoms with Crippen LogP contribution in [0.4, 0.5) is 9.18 Å². The summed E-state index contributed by atoms with van der Waals surface area (Å²) in [6.45, 7) is 6.34. The van der Waals surface area contributed by atoms with E-state index in [1.807, 2.05) is 13.0 Å². The van der Waals surface area contributed by atoms with Crippen molar-refractivity contribution < 1.29 is 23.5 Å². The van der Waals surface area contributed by atoms with E-state index >= 15 is 0 Å². The van der Waals surface area contributed by atoms with Crippen LogP contribution in [0.1, 0.15) is 23.6 Å². The third kappa shape index (κ3) is 4.91. The lowest BCUT2D eigenvalue weighted by molar-refractivity contribution is -0.121. The number of allylic oxidation sites excluding steroid dienone is 1. The number of halogens is 1. The zero-order valence-electron chi connectivity index (χ0n) is 16.8. The molecule has 0 unspecified atom stereocenters. The Morgan fingerprint density at radius 2 is 1.90 bits per heavy atom. The van der Waals surface area contributed by atoms with Crippen molar-refractivity contribution in [2.75, 3.05) is 13.7 Å². The standard InChI is InChI=1S/C23H22FNO4S/c1-4-6-17-11-16(13-20-22(26)25(3)23(27)30-20)12-19(28-5-2)21(17)29-14-15-7-9-18(24)10-8-15/h4,7-13H,1,5-6,14H2,2-3H3/b20-13-. The first-order chi connectivity index (χ1) is 14.4. The second-order valence-electron chi connectivity index (χ2n) is 6.59. The van der Waals surface area contributed by atoms with Crippen LogP contribution >= 0.6 is 11.8 Å². The molecule has 2 aromatic carbocycles. The molecule has 0 radical (unpaired) electrons. The van der Waals surface area contributed by atoms with Gasteiger partial charge in [-0.15, -0.1) is 6.58 Å². The molecule has 0 saturated carbocycles. The van der Waals surface area contributed by atoms with Crippen LogP contribution < -0.4 is 9.47 Å². The molecule has 0 aliphatic carbocycles. The van der Waals surface area contributed by atoms with Gasteiger partial charge in [0.25, 0.3) is 11.1 Å². The lowest BCUT2D eigenvalue weighted by atomic mass is 10.0. The Kier molecular flexibility index (Phi) is 6.95. The highest BCUT2D eigenvalue weighted by atomic mass is 32.2. The third-order valence-corrected chi connectivity index (χ3v) is 5.36. The number of rotatable bonds is 8. The van der Waals surface area contributed by atoms with Gasteiger partial charge in [-0.3, -0.25) is 14.5 Å². The summed E-state index contributed by atoms with van der Waals surface area (Å²) in [5, 5.41) is -0.304. The summed E-state index contributed by atoms with van der Waals surface area (Å²) in [6, 6.07) is 9.76. The van der Waals surface area contributed by atoms with Crippen molar-refractivity contribution in [2.45, 2.75) is 20.0 Å². The smallest absolute Gasteiger partial charge is 0.293 e. The maximum absolute atomic E-state index is 13.1. The molecule has 1 aliphatic heterocycles. The van der Waals surface area contributed by atoms with E-state index in [1.165, 1.54) is 19.2 Å². The molecule has 5 nitrogen and oxygen atoms in total. The molecular weight excluding hydrogens is 405 g/mol. The molecule has 0 spiro atoms. The molecule has 0 atom stereocenters. The Bertz CT molecular complexity index is 1000. The van der Waals surface area contributed by atoms with E-state index in [0.717, 1.165) is 33.4 Å². The van der Waals surface area contributed by atoms with Crippen molar-refractivity contribution in [3.05, 3.63) is 76.5 Å². The predicted octanol–water partition coefficient (Wildman–Crippen LogP) is 5.20. The van der Waals surface area contributed by atoms with E-state index in [1.54, 1.807) is 30.4 Å².